The zero-order valence-corrected chi connectivity index (χ0v) is 12.9. The fraction of sp³-hybridized carbons (Fsp3) is 0.0769. The zero-order valence-electron chi connectivity index (χ0n) is 11.3. The first-order valence-electron chi connectivity index (χ1n) is 5.94. The van der Waals surface area contributed by atoms with Gasteiger partial charge in [-0.15, -0.1) is 0 Å². The summed E-state index contributed by atoms with van der Waals surface area (Å²) in [4.78, 5) is 9.84. The van der Waals surface area contributed by atoms with Gasteiger partial charge in [-0.05, 0) is 24.3 Å². The maximum atomic E-state index is 12.3. The smallest absolute Gasteiger partial charge is 0.270 e. The van der Waals surface area contributed by atoms with Crippen molar-refractivity contribution in [1.82, 2.24) is 0 Å². The predicted octanol–water partition coefficient (Wildman–Crippen LogP) is 3.06. The molecule has 2 aromatic rings. The first-order chi connectivity index (χ1) is 10.3. The van der Waals surface area contributed by atoms with Gasteiger partial charge >= 0.3 is 0 Å². The van der Waals surface area contributed by atoms with E-state index in [0.29, 0.717) is 5.02 Å². The van der Waals surface area contributed by atoms with Crippen molar-refractivity contribution in [1.29, 1.82) is 0 Å². The van der Waals surface area contributed by atoms with E-state index in [2.05, 4.69) is 4.72 Å². The van der Waals surface area contributed by atoms with Gasteiger partial charge in [-0.2, -0.15) is 0 Å². The van der Waals surface area contributed by atoms with E-state index < -0.39 is 14.9 Å². The molecule has 0 aliphatic rings. The molecule has 0 bridgehead atoms. The Balaban J connectivity index is 2.42. The molecule has 0 atom stereocenters. The Morgan fingerprint density at radius 2 is 1.95 bits per heavy atom. The lowest BCUT2D eigenvalue weighted by Gasteiger charge is -2.12. The molecule has 116 valence electrons. The summed E-state index contributed by atoms with van der Waals surface area (Å²) in [6, 6.07) is 9.17. The summed E-state index contributed by atoms with van der Waals surface area (Å²) in [5, 5.41) is 11.1. The summed E-state index contributed by atoms with van der Waals surface area (Å²) in [6.07, 6.45) is 0. The van der Waals surface area contributed by atoms with Crippen LogP contribution in [0.5, 0.6) is 5.75 Å². The van der Waals surface area contributed by atoms with Gasteiger partial charge in [-0.3, -0.25) is 14.8 Å². The third-order valence-corrected chi connectivity index (χ3v) is 4.34. The number of sulfonamides is 1. The molecular weight excluding hydrogens is 332 g/mol. The number of anilines is 1. The number of halogens is 1. The molecule has 2 aromatic carbocycles. The molecule has 0 unspecified atom stereocenters. The molecule has 0 saturated carbocycles. The van der Waals surface area contributed by atoms with Crippen molar-refractivity contribution in [3.8, 4) is 5.75 Å². The van der Waals surface area contributed by atoms with Crippen molar-refractivity contribution in [2.45, 2.75) is 4.90 Å². The lowest BCUT2D eigenvalue weighted by molar-refractivity contribution is -0.385. The summed E-state index contributed by atoms with van der Waals surface area (Å²) in [5.41, 5.74) is -0.178. The fourth-order valence-electron chi connectivity index (χ4n) is 1.73. The molecule has 0 heterocycles. The normalized spacial score (nSPS) is 11.0. The minimum absolute atomic E-state index is 0.140. The van der Waals surface area contributed by atoms with E-state index in [1.54, 1.807) is 6.07 Å². The van der Waals surface area contributed by atoms with Crippen LogP contribution in [0.25, 0.3) is 0 Å². The van der Waals surface area contributed by atoms with Gasteiger partial charge in [0.2, 0.25) is 0 Å². The second kappa shape index (κ2) is 6.20. The molecule has 0 saturated heterocycles. The van der Waals surface area contributed by atoms with Crippen LogP contribution in [-0.2, 0) is 10.0 Å². The second-order valence-electron chi connectivity index (χ2n) is 4.20. The number of rotatable bonds is 5. The Morgan fingerprint density at radius 1 is 1.23 bits per heavy atom. The maximum absolute atomic E-state index is 12.3. The average molecular weight is 343 g/mol. The highest BCUT2D eigenvalue weighted by atomic mass is 35.5. The maximum Gasteiger partial charge on any atom is 0.270 e. The third kappa shape index (κ3) is 3.46. The van der Waals surface area contributed by atoms with Crippen LogP contribution in [-0.4, -0.2) is 20.5 Å². The molecule has 0 aromatic heterocycles. The van der Waals surface area contributed by atoms with Crippen LogP contribution in [0.4, 0.5) is 11.4 Å². The Labute approximate surface area is 131 Å². The number of non-ortho nitro benzene ring substituents is 1. The lowest BCUT2D eigenvalue weighted by Crippen LogP contribution is -2.13. The number of hydrogen-bond donors (Lipinski definition) is 1. The molecule has 0 radical (unpaired) electrons. The van der Waals surface area contributed by atoms with Crippen LogP contribution in [0.2, 0.25) is 5.02 Å². The summed E-state index contributed by atoms with van der Waals surface area (Å²) < 4.78 is 32.0. The fourth-order valence-corrected chi connectivity index (χ4v) is 3.00. The summed E-state index contributed by atoms with van der Waals surface area (Å²) in [7, 11) is -2.63. The van der Waals surface area contributed by atoms with Gasteiger partial charge in [0.15, 0.2) is 0 Å². The van der Waals surface area contributed by atoms with Crippen molar-refractivity contribution < 1.29 is 18.1 Å². The zero-order chi connectivity index (χ0) is 16.3. The highest BCUT2D eigenvalue weighted by Crippen LogP contribution is 2.30. The van der Waals surface area contributed by atoms with E-state index >= 15 is 0 Å². The number of benzene rings is 2. The molecule has 2 rings (SSSR count). The van der Waals surface area contributed by atoms with Gasteiger partial charge < -0.3 is 4.74 Å². The van der Waals surface area contributed by atoms with E-state index in [0.717, 1.165) is 6.07 Å². The number of nitrogens with one attached hydrogen (secondary N) is 1. The first-order valence-corrected chi connectivity index (χ1v) is 7.80. The van der Waals surface area contributed by atoms with Gasteiger partial charge in [-0.1, -0.05) is 17.7 Å². The highest BCUT2D eigenvalue weighted by Gasteiger charge is 2.19. The van der Waals surface area contributed by atoms with Crippen LogP contribution in [0, 0.1) is 10.1 Å². The number of methoxy groups -OCH3 is 1. The quantitative estimate of drug-likeness (QED) is 0.665. The van der Waals surface area contributed by atoms with Crippen molar-refractivity contribution in [3.63, 3.8) is 0 Å². The van der Waals surface area contributed by atoms with Crippen LogP contribution in [0.1, 0.15) is 0 Å². The molecule has 1 N–H and O–H groups in total. The minimum Gasteiger partial charge on any atom is -0.495 e. The third-order valence-electron chi connectivity index (χ3n) is 2.74. The van der Waals surface area contributed by atoms with Crippen molar-refractivity contribution in [2.24, 2.45) is 0 Å². The Bertz CT molecular complexity index is 823. The molecule has 0 aliphatic carbocycles. The molecule has 0 amide bonds. The molecule has 0 aliphatic heterocycles. The van der Waals surface area contributed by atoms with Crippen LogP contribution in [0.3, 0.4) is 0 Å². The number of nitro groups is 1. The van der Waals surface area contributed by atoms with E-state index in [1.165, 1.54) is 37.4 Å². The monoisotopic (exact) mass is 342 g/mol. The first kappa shape index (κ1) is 16.1. The number of nitro benzene ring substituents is 1. The van der Waals surface area contributed by atoms with E-state index in [-0.39, 0.29) is 22.0 Å². The topological polar surface area (TPSA) is 98.5 Å². The Morgan fingerprint density at radius 3 is 2.59 bits per heavy atom. The lowest BCUT2D eigenvalue weighted by atomic mass is 10.3. The van der Waals surface area contributed by atoms with E-state index in [9.17, 15) is 18.5 Å². The minimum atomic E-state index is -4.01. The van der Waals surface area contributed by atoms with Crippen molar-refractivity contribution >= 4 is 33.0 Å². The second-order valence-corrected chi connectivity index (χ2v) is 6.32. The van der Waals surface area contributed by atoms with Gasteiger partial charge in [0.1, 0.15) is 5.75 Å². The molecule has 22 heavy (non-hydrogen) atoms. The van der Waals surface area contributed by atoms with Crippen molar-refractivity contribution in [2.75, 3.05) is 11.8 Å². The molecular formula is C13H11ClN2O5S. The summed E-state index contributed by atoms with van der Waals surface area (Å²) >= 11 is 5.84. The number of hydrogen-bond acceptors (Lipinski definition) is 5. The SMILES string of the molecule is COc1ccc(Cl)cc1NS(=O)(=O)c1cccc([N+](=O)[O-])c1. The number of ether oxygens (including phenoxy) is 1. The summed E-state index contributed by atoms with van der Waals surface area (Å²) in [5.74, 6) is 0.276. The number of nitrogens with zero attached hydrogens (tertiary/aromatic N) is 1. The van der Waals surface area contributed by atoms with Crippen LogP contribution in [0.15, 0.2) is 47.4 Å². The highest BCUT2D eigenvalue weighted by molar-refractivity contribution is 7.92. The van der Waals surface area contributed by atoms with E-state index in [1.807, 2.05) is 0 Å². The largest absolute Gasteiger partial charge is 0.495 e. The van der Waals surface area contributed by atoms with E-state index in [4.69, 9.17) is 16.3 Å². The average Bonchev–Trinajstić information content (AvgIpc) is 2.47. The van der Waals surface area contributed by atoms with Gasteiger partial charge in [0.25, 0.3) is 15.7 Å². The van der Waals surface area contributed by atoms with Crippen LogP contribution >= 0.6 is 11.6 Å². The van der Waals surface area contributed by atoms with Gasteiger partial charge in [0, 0.05) is 17.2 Å². The molecule has 0 fully saturated rings. The Hall–Kier alpha value is -2.32. The summed E-state index contributed by atoms with van der Waals surface area (Å²) in [6.45, 7) is 0. The standard InChI is InChI=1S/C13H11ClN2O5S/c1-21-13-6-5-9(14)7-12(13)15-22(19,20)11-4-2-3-10(8-11)16(17)18/h2-8,15H,1H3. The molecule has 0 spiro atoms. The van der Waals surface area contributed by atoms with Gasteiger partial charge in [0.05, 0.1) is 22.6 Å². The van der Waals surface area contributed by atoms with Crippen molar-refractivity contribution in [3.05, 3.63) is 57.6 Å². The molecule has 9 heteroatoms. The Kier molecular flexibility index (Phi) is 4.53. The predicted molar refractivity (Wildman–Crippen MR) is 81.9 cm³/mol. The van der Waals surface area contributed by atoms with Gasteiger partial charge in [-0.25, -0.2) is 8.42 Å². The molecule has 7 nitrogen and oxygen atoms in total. The van der Waals surface area contributed by atoms with Crippen LogP contribution < -0.4 is 9.46 Å².